The molecule has 0 aromatic carbocycles. The normalized spacial score (nSPS) is 10.6. The highest BCUT2D eigenvalue weighted by molar-refractivity contribution is 5.76. The van der Waals surface area contributed by atoms with Gasteiger partial charge in [0.05, 0.1) is 0 Å². The molecule has 2 heterocycles. The molecule has 0 aliphatic carbocycles. The van der Waals surface area contributed by atoms with Crippen molar-refractivity contribution >= 4 is 11.6 Å². The zero-order chi connectivity index (χ0) is 13.8. The van der Waals surface area contributed by atoms with Crippen molar-refractivity contribution in [1.82, 2.24) is 14.7 Å². The highest BCUT2D eigenvalue weighted by Gasteiger charge is 2.05. The van der Waals surface area contributed by atoms with Gasteiger partial charge in [-0.3, -0.25) is 14.0 Å². The van der Waals surface area contributed by atoms with Gasteiger partial charge in [-0.15, -0.1) is 0 Å². The molecule has 2 aromatic rings. The number of aryl methyl sites for hydroxylation is 1. The summed E-state index contributed by atoms with van der Waals surface area (Å²) in [5, 5.41) is 4.35. The number of aromatic nitrogens is 2. The van der Waals surface area contributed by atoms with Crippen molar-refractivity contribution in [3.63, 3.8) is 0 Å². The molecular weight excluding hydrogens is 244 g/mol. The van der Waals surface area contributed by atoms with Gasteiger partial charge >= 0.3 is 0 Å². The van der Waals surface area contributed by atoms with Crippen LogP contribution in [-0.4, -0.2) is 28.9 Å². The Bertz CT molecular complexity index is 663. The summed E-state index contributed by atoms with van der Waals surface area (Å²) in [5.74, 6) is -0.0480. The Morgan fingerprint density at radius 2 is 2.26 bits per heavy atom. The first-order valence-corrected chi connectivity index (χ1v) is 6.11. The number of quaternary nitrogens is 1. The van der Waals surface area contributed by atoms with Gasteiger partial charge in [0.15, 0.2) is 6.54 Å². The maximum atomic E-state index is 11.9. The van der Waals surface area contributed by atoms with Gasteiger partial charge in [-0.25, -0.2) is 4.98 Å². The van der Waals surface area contributed by atoms with Gasteiger partial charge in [-0.2, -0.15) is 0 Å². The van der Waals surface area contributed by atoms with Gasteiger partial charge in [0.25, 0.3) is 11.5 Å². The minimum Gasteiger partial charge on any atom is -0.354 e. The van der Waals surface area contributed by atoms with Gasteiger partial charge in [0, 0.05) is 19.3 Å². The maximum absolute atomic E-state index is 11.9. The molecule has 6 heteroatoms. The second-order valence-corrected chi connectivity index (χ2v) is 4.39. The number of rotatable bonds is 4. The van der Waals surface area contributed by atoms with Crippen LogP contribution in [0.4, 0.5) is 0 Å². The van der Waals surface area contributed by atoms with Crippen LogP contribution >= 0.6 is 0 Å². The average molecular weight is 261 g/mol. The van der Waals surface area contributed by atoms with E-state index in [0.29, 0.717) is 24.4 Å². The fourth-order valence-corrected chi connectivity index (χ4v) is 1.82. The standard InChI is InChI=1S/C13H16N4O2/c1-9-3-4-11-16-10(5-13(19)17(11)8-9)6-15-7-12(18)14-2/h3-5,8,15H,6-7H2,1-2H3,(H,14,18)/p+1. The lowest BCUT2D eigenvalue weighted by Gasteiger charge is -2.04. The van der Waals surface area contributed by atoms with Crippen molar-refractivity contribution in [2.75, 3.05) is 13.6 Å². The molecule has 0 spiro atoms. The molecule has 0 unspecified atom stereocenters. The first-order chi connectivity index (χ1) is 9.10. The molecule has 0 radical (unpaired) electrons. The fraction of sp³-hybridized carbons (Fsp3) is 0.308. The predicted octanol–water partition coefficient (Wildman–Crippen LogP) is -1.19. The van der Waals surface area contributed by atoms with Crippen molar-refractivity contribution in [3.05, 3.63) is 46.0 Å². The second-order valence-electron chi connectivity index (χ2n) is 4.39. The molecule has 0 atom stereocenters. The lowest BCUT2D eigenvalue weighted by Crippen LogP contribution is -2.85. The third-order valence-corrected chi connectivity index (χ3v) is 2.82. The van der Waals surface area contributed by atoms with E-state index in [4.69, 9.17) is 0 Å². The number of amides is 1. The number of carbonyl (C=O) groups is 1. The van der Waals surface area contributed by atoms with Crippen LogP contribution in [0.1, 0.15) is 11.3 Å². The monoisotopic (exact) mass is 261 g/mol. The van der Waals surface area contributed by atoms with E-state index in [9.17, 15) is 9.59 Å². The minimum atomic E-state index is -0.1000. The van der Waals surface area contributed by atoms with Crippen molar-refractivity contribution in [3.8, 4) is 0 Å². The smallest absolute Gasteiger partial charge is 0.274 e. The first kappa shape index (κ1) is 13.2. The summed E-state index contributed by atoms with van der Waals surface area (Å²) in [6, 6.07) is 5.24. The molecule has 0 bridgehead atoms. The first-order valence-electron chi connectivity index (χ1n) is 6.11. The molecule has 19 heavy (non-hydrogen) atoms. The average Bonchev–Trinajstić information content (AvgIpc) is 2.39. The van der Waals surface area contributed by atoms with Crippen LogP contribution in [0.15, 0.2) is 29.2 Å². The summed E-state index contributed by atoms with van der Waals surface area (Å²) >= 11 is 0. The SMILES string of the molecule is CNC(=O)C[NH2+]Cc1cc(=O)n2cc(C)ccc2n1. The van der Waals surface area contributed by atoms with Gasteiger partial charge in [-0.05, 0) is 18.6 Å². The van der Waals surface area contributed by atoms with E-state index in [1.165, 1.54) is 10.5 Å². The number of pyridine rings is 1. The summed E-state index contributed by atoms with van der Waals surface area (Å²) in [6.07, 6.45) is 1.77. The number of nitrogens with one attached hydrogen (secondary N) is 1. The highest BCUT2D eigenvalue weighted by Crippen LogP contribution is 2.01. The van der Waals surface area contributed by atoms with Gasteiger partial charge in [0.1, 0.15) is 17.9 Å². The Hall–Kier alpha value is -2.21. The second kappa shape index (κ2) is 5.62. The third-order valence-electron chi connectivity index (χ3n) is 2.82. The Kier molecular flexibility index (Phi) is 3.91. The number of carbonyl (C=O) groups excluding carboxylic acids is 1. The summed E-state index contributed by atoms with van der Waals surface area (Å²) in [4.78, 5) is 27.4. The molecule has 0 aliphatic heterocycles. The molecule has 3 N–H and O–H groups in total. The zero-order valence-electron chi connectivity index (χ0n) is 11.0. The summed E-state index contributed by atoms with van der Waals surface area (Å²) in [6.45, 7) is 2.76. The van der Waals surface area contributed by atoms with Gasteiger partial charge in [-0.1, -0.05) is 6.07 Å². The molecule has 0 fully saturated rings. The number of fused-ring (bicyclic) bond motifs is 1. The highest BCUT2D eigenvalue weighted by atomic mass is 16.1. The van der Waals surface area contributed by atoms with E-state index in [-0.39, 0.29) is 11.5 Å². The Balaban J connectivity index is 2.19. The largest absolute Gasteiger partial charge is 0.354 e. The zero-order valence-corrected chi connectivity index (χ0v) is 11.0. The van der Waals surface area contributed by atoms with Crippen LogP contribution in [0, 0.1) is 6.92 Å². The Morgan fingerprint density at radius 1 is 1.47 bits per heavy atom. The van der Waals surface area contributed by atoms with Crippen molar-refractivity contribution in [1.29, 1.82) is 0 Å². The van der Waals surface area contributed by atoms with Crippen molar-refractivity contribution < 1.29 is 10.1 Å². The summed E-state index contributed by atoms with van der Waals surface area (Å²) < 4.78 is 1.53. The lowest BCUT2D eigenvalue weighted by atomic mass is 10.3. The molecule has 2 rings (SSSR count). The predicted molar refractivity (Wildman–Crippen MR) is 70.8 cm³/mol. The Morgan fingerprint density at radius 3 is 3.00 bits per heavy atom. The van der Waals surface area contributed by atoms with E-state index in [2.05, 4.69) is 10.3 Å². The molecule has 100 valence electrons. The molecule has 1 amide bonds. The topological polar surface area (TPSA) is 80.1 Å². The lowest BCUT2D eigenvalue weighted by molar-refractivity contribution is -0.660. The van der Waals surface area contributed by atoms with Gasteiger partial charge < -0.3 is 10.6 Å². The van der Waals surface area contributed by atoms with Crippen LogP contribution in [0.2, 0.25) is 0 Å². The third kappa shape index (κ3) is 3.17. The van der Waals surface area contributed by atoms with Crippen LogP contribution in [0.25, 0.3) is 5.65 Å². The Labute approximate surface area is 110 Å². The summed E-state index contributed by atoms with van der Waals surface area (Å²) in [7, 11) is 1.60. The minimum absolute atomic E-state index is 0.0480. The van der Waals surface area contributed by atoms with Crippen molar-refractivity contribution in [2.24, 2.45) is 0 Å². The van der Waals surface area contributed by atoms with E-state index in [1.807, 2.05) is 24.4 Å². The molecular formula is C13H17N4O2+. The molecule has 2 aromatic heterocycles. The fourth-order valence-electron chi connectivity index (χ4n) is 1.82. The van der Waals surface area contributed by atoms with Crippen LogP contribution in [-0.2, 0) is 11.3 Å². The molecule has 0 saturated carbocycles. The molecule has 0 aliphatic rings. The number of nitrogens with two attached hydrogens (primary N) is 1. The maximum Gasteiger partial charge on any atom is 0.274 e. The van der Waals surface area contributed by atoms with Crippen molar-refractivity contribution in [2.45, 2.75) is 13.5 Å². The number of hydrogen-bond acceptors (Lipinski definition) is 3. The van der Waals surface area contributed by atoms with E-state index in [1.54, 1.807) is 13.2 Å². The number of nitrogens with zero attached hydrogens (tertiary/aromatic N) is 2. The quantitative estimate of drug-likeness (QED) is 0.726. The summed E-state index contributed by atoms with van der Waals surface area (Å²) in [5.41, 5.74) is 2.21. The van der Waals surface area contributed by atoms with E-state index >= 15 is 0 Å². The van der Waals surface area contributed by atoms with E-state index in [0.717, 1.165) is 5.56 Å². The molecule has 0 saturated heterocycles. The van der Waals surface area contributed by atoms with Crippen LogP contribution in [0.3, 0.4) is 0 Å². The van der Waals surface area contributed by atoms with Crippen LogP contribution in [0.5, 0.6) is 0 Å². The van der Waals surface area contributed by atoms with Gasteiger partial charge in [0.2, 0.25) is 0 Å². The molecule has 6 nitrogen and oxygen atoms in total. The van der Waals surface area contributed by atoms with Crippen LogP contribution < -0.4 is 16.2 Å². The number of hydrogen-bond donors (Lipinski definition) is 2. The van der Waals surface area contributed by atoms with E-state index < -0.39 is 0 Å². The number of likely N-dealkylation sites (N-methyl/N-ethyl adjacent to an activating group) is 1.